The van der Waals surface area contributed by atoms with Gasteiger partial charge in [0, 0.05) is 54.7 Å². The molecule has 0 saturated heterocycles. The van der Waals surface area contributed by atoms with Crippen LogP contribution in [-0.2, 0) is 37.9 Å². The van der Waals surface area contributed by atoms with Crippen LogP contribution < -0.4 is 57.7 Å². The van der Waals surface area contributed by atoms with E-state index in [2.05, 4.69) is 303 Å². The Morgan fingerprint density at radius 2 is 0.898 bits per heavy atom. The van der Waals surface area contributed by atoms with Crippen LogP contribution in [0.1, 0.15) is 181 Å². The Morgan fingerprint density at radius 3 is 1.45 bits per heavy atom. The van der Waals surface area contributed by atoms with Crippen molar-refractivity contribution in [2.75, 3.05) is 14.7 Å². The molecule has 0 unspecified atom stereocenters. The summed E-state index contributed by atoms with van der Waals surface area (Å²) >= 11 is 2.08. The first kappa shape index (κ1) is 59.1. The van der Waals surface area contributed by atoms with E-state index in [-0.39, 0.29) is 44.6 Å². The smallest absolute Gasteiger partial charge is 0.264 e. The lowest BCUT2D eigenvalue weighted by atomic mass is 9.35. The molecule has 3 aliphatic carbocycles. The maximum atomic E-state index is 2.77. The molecule has 14 rings (SSSR count). The molecule has 88 heavy (non-hydrogen) atoms. The fourth-order valence-electron chi connectivity index (χ4n) is 16.7. The summed E-state index contributed by atoms with van der Waals surface area (Å²) in [6.45, 7) is 37.0. The van der Waals surface area contributed by atoms with Gasteiger partial charge in [0.15, 0.2) is 0 Å². The normalized spacial score (nSPS) is 18.6. The molecule has 5 aliphatic rings. The van der Waals surface area contributed by atoms with Crippen molar-refractivity contribution in [1.29, 1.82) is 0 Å². The van der Waals surface area contributed by atoms with Crippen LogP contribution in [0.4, 0.5) is 51.2 Å². The number of thiophene rings is 1. The van der Waals surface area contributed by atoms with E-state index in [0.717, 1.165) is 37.1 Å². The van der Waals surface area contributed by atoms with E-state index >= 15 is 0 Å². The van der Waals surface area contributed by atoms with Crippen molar-refractivity contribution in [1.82, 2.24) is 0 Å². The van der Waals surface area contributed by atoms with Gasteiger partial charge in [0.2, 0.25) is 0 Å². The first-order valence-corrected chi connectivity index (χ1v) is 34.0. The highest BCUT2D eigenvalue weighted by Gasteiger charge is 2.50. The van der Waals surface area contributed by atoms with E-state index in [1.807, 2.05) is 0 Å². The van der Waals surface area contributed by atoms with E-state index in [9.17, 15) is 0 Å². The fraction of sp³-hybridized carbons (Fsp3) is 0.359. The first-order chi connectivity index (χ1) is 41.3. The summed E-state index contributed by atoms with van der Waals surface area (Å²) in [6.07, 6.45) is 6.97. The van der Waals surface area contributed by atoms with Crippen LogP contribution in [0.3, 0.4) is 0 Å². The molecule has 0 atom stereocenters. The van der Waals surface area contributed by atoms with Gasteiger partial charge in [0.1, 0.15) is 39.2 Å². The number of anilines is 9. The Bertz CT molecular complexity index is 4360. The van der Waals surface area contributed by atoms with Gasteiger partial charge in [-0.15, -0.1) is 16.8 Å². The summed E-state index contributed by atoms with van der Waals surface area (Å²) in [5, 5.41) is 1.37. The number of nitrogens with zero attached hydrogens (tertiary/aromatic N) is 3. The van der Waals surface area contributed by atoms with Crippen LogP contribution >= 0.6 is 11.3 Å². The molecule has 1 aromatic heterocycles. The number of fused-ring (bicyclic) bond motifs is 9. The van der Waals surface area contributed by atoms with E-state index in [1.165, 1.54) is 156 Å². The minimum Gasteiger partial charge on any atom is -0.312 e. The molecule has 9 aromatic rings. The van der Waals surface area contributed by atoms with Gasteiger partial charge in [-0.2, -0.15) is 0 Å². The van der Waals surface area contributed by atoms with Gasteiger partial charge >= 0.3 is 0 Å². The average Bonchev–Trinajstić information content (AvgIpc) is 1.21. The molecular weight excluding hydrogens is 1080 g/mol. The van der Waals surface area contributed by atoms with Crippen molar-refractivity contribution in [3.63, 3.8) is 0 Å². The van der Waals surface area contributed by atoms with Crippen molar-refractivity contribution < 1.29 is 0 Å². The molecule has 3 nitrogen and oxygen atoms in total. The van der Waals surface area contributed by atoms with Gasteiger partial charge in [-0.25, -0.2) is 0 Å². The predicted molar refractivity (Wildman–Crippen MR) is 401 cm³/mol. The van der Waals surface area contributed by atoms with E-state index < -0.39 is 0 Å². The summed E-state index contributed by atoms with van der Waals surface area (Å²) in [5.41, 5.74) is 33.6. The van der Waals surface area contributed by atoms with E-state index in [1.54, 1.807) is 0 Å². The van der Waals surface area contributed by atoms with Crippen LogP contribution in [0.2, 0.25) is 0 Å². The van der Waals surface area contributed by atoms with Gasteiger partial charge < -0.3 is 14.7 Å². The van der Waals surface area contributed by atoms with E-state index in [0.29, 0.717) is 0 Å². The largest absolute Gasteiger partial charge is 0.312 e. The molecule has 0 bridgehead atoms. The van der Waals surface area contributed by atoms with Crippen LogP contribution in [-0.4, -0.2) is 45.9 Å². The SMILES string of the molecule is Bc1c(B)c(B)c(N(c2ccc(-c3ccccc3)cc2)c2cc3c4c(c2)N(c2ccc(C(C)(C)C)cc2)c2c(sc5cc6c(cc25)C(C)(C)CCC6(C)C)B4c2cc4c(cc2N3c2ccc3c(c2)C(C)(C)CCC3(C)C)C(C)(C)CCC4(C)C)c(B)c1B. The second-order valence-electron chi connectivity index (χ2n) is 32.7. The Kier molecular flexibility index (Phi) is 13.3. The molecule has 0 fully saturated rings. The fourth-order valence-corrected chi connectivity index (χ4v) is 18.1. The molecule has 440 valence electrons. The molecule has 8 aromatic carbocycles. The zero-order chi connectivity index (χ0) is 62.5. The summed E-state index contributed by atoms with van der Waals surface area (Å²) in [5.74, 6) is 0. The van der Waals surface area contributed by atoms with Crippen molar-refractivity contribution in [2.45, 2.75) is 180 Å². The zero-order valence-electron chi connectivity index (χ0n) is 56.8. The minimum atomic E-state index is -0.0362. The number of rotatable bonds is 6. The number of hydrogen-bond acceptors (Lipinski definition) is 4. The molecule has 0 N–H and O–H groups in total. The first-order valence-electron chi connectivity index (χ1n) is 33.2. The summed E-state index contributed by atoms with van der Waals surface area (Å²) in [6, 6.07) is 53.8. The maximum absolute atomic E-state index is 2.77. The topological polar surface area (TPSA) is 9.72 Å². The van der Waals surface area contributed by atoms with Gasteiger partial charge in [-0.05, 0) is 204 Å². The molecule has 0 amide bonds. The van der Waals surface area contributed by atoms with Crippen molar-refractivity contribution in [3.8, 4) is 11.1 Å². The van der Waals surface area contributed by atoms with E-state index in [4.69, 9.17) is 0 Å². The monoisotopic (exact) mass is 1170 g/mol. The van der Waals surface area contributed by atoms with Crippen LogP contribution in [0.5, 0.6) is 0 Å². The molecule has 2 aliphatic heterocycles. The zero-order valence-corrected chi connectivity index (χ0v) is 57.6. The van der Waals surface area contributed by atoms with Gasteiger partial charge in [0.05, 0.1) is 11.4 Å². The van der Waals surface area contributed by atoms with Gasteiger partial charge in [0.25, 0.3) is 6.71 Å². The molecule has 0 radical (unpaired) electrons. The van der Waals surface area contributed by atoms with Crippen molar-refractivity contribution in [2.24, 2.45) is 0 Å². The highest BCUT2D eigenvalue weighted by Crippen LogP contribution is 2.57. The molecule has 3 heterocycles. The third kappa shape index (κ3) is 8.99. The molecule has 0 saturated carbocycles. The summed E-state index contributed by atoms with van der Waals surface area (Å²) in [4.78, 5) is 8.18. The molecule has 0 spiro atoms. The van der Waals surface area contributed by atoms with Crippen LogP contribution in [0.25, 0.3) is 21.2 Å². The standard InChI is InChI=1S/C78H89B6N3S/c1-72(2,3)46-23-27-48(28-24-46)87-61-39-50(85(70-66(82)64(80)63(79)65(81)67(70)83)47-25-21-45(22-26-47)44-19-17-16-18-20-44)38-60-68(61)84(71-69(87)51-40-54-57(43-62(51)88-71)78(14,15)36-33-75(54,8)9)58-41-55-56(77(12,13)35-34-76(55,10)11)42-59(58)86(60)49-29-30-52-53(37-49)74(6,7)32-31-73(52,4)5/h16-30,37-43H,31-36,79-83H2,1-15H3. The average molecular weight is 1170 g/mol. The molecular formula is C78H89B6N3S. The molecule has 10 heteroatoms. The number of hydrogen-bond donors (Lipinski definition) is 0. The van der Waals surface area contributed by atoms with Gasteiger partial charge in [-0.3, -0.25) is 0 Å². The Hall–Kier alpha value is -6.49. The third-order valence-electron chi connectivity index (χ3n) is 23.4. The quantitative estimate of drug-likeness (QED) is 0.154. The van der Waals surface area contributed by atoms with Gasteiger partial charge in [-0.1, -0.05) is 192 Å². The highest BCUT2D eigenvalue weighted by atomic mass is 32.1. The number of benzene rings is 8. The minimum absolute atomic E-state index is 0.00437. The second-order valence-corrected chi connectivity index (χ2v) is 33.8. The lowest BCUT2D eigenvalue weighted by Gasteiger charge is -2.48. The summed E-state index contributed by atoms with van der Waals surface area (Å²) < 4.78 is 2.83. The maximum Gasteiger partial charge on any atom is 0.264 e. The second kappa shape index (κ2) is 19.8. The summed E-state index contributed by atoms with van der Waals surface area (Å²) in [7, 11) is 11.7. The lowest BCUT2D eigenvalue weighted by molar-refractivity contribution is 0.332. The van der Waals surface area contributed by atoms with Crippen LogP contribution in [0.15, 0.2) is 133 Å². The highest BCUT2D eigenvalue weighted by molar-refractivity contribution is 7.33. The predicted octanol–water partition coefficient (Wildman–Crippen LogP) is 11.8. The van der Waals surface area contributed by atoms with Crippen LogP contribution in [0, 0.1) is 0 Å². The van der Waals surface area contributed by atoms with Crippen molar-refractivity contribution in [3.05, 3.63) is 172 Å². The Labute approximate surface area is 536 Å². The Morgan fingerprint density at radius 1 is 0.432 bits per heavy atom. The third-order valence-corrected chi connectivity index (χ3v) is 24.6. The Balaban J connectivity index is 1.17. The lowest BCUT2D eigenvalue weighted by Crippen LogP contribution is -2.61. The van der Waals surface area contributed by atoms with Crippen molar-refractivity contribution >= 4 is 162 Å².